The Balaban J connectivity index is 1.40. The van der Waals surface area contributed by atoms with Crippen molar-refractivity contribution >= 4 is 45.3 Å². The molecule has 0 aromatic carbocycles. The van der Waals surface area contributed by atoms with Gasteiger partial charge in [-0.2, -0.15) is 9.49 Å². The summed E-state index contributed by atoms with van der Waals surface area (Å²) in [5.74, 6) is 0.439. The molecule has 1 atom stereocenters. The number of hydrogen-bond donors (Lipinski definition) is 1. The van der Waals surface area contributed by atoms with E-state index in [9.17, 15) is 9.18 Å². The van der Waals surface area contributed by atoms with Crippen molar-refractivity contribution in [3.05, 3.63) is 29.9 Å². The van der Waals surface area contributed by atoms with Crippen LogP contribution in [-0.2, 0) is 13.9 Å². The van der Waals surface area contributed by atoms with E-state index in [0.717, 1.165) is 43.2 Å². The van der Waals surface area contributed by atoms with E-state index in [1.807, 2.05) is 0 Å². The molecular formula is C20H22FN5O4S2. The third-order valence-electron chi connectivity index (χ3n) is 5.51. The maximum absolute atomic E-state index is 13.4. The number of anilines is 1. The minimum absolute atomic E-state index is 0.216. The van der Waals surface area contributed by atoms with E-state index in [1.54, 1.807) is 23.3 Å². The Bertz CT molecular complexity index is 1080. The van der Waals surface area contributed by atoms with Gasteiger partial charge in [0.25, 0.3) is 5.91 Å². The molecule has 1 saturated carbocycles. The van der Waals surface area contributed by atoms with Gasteiger partial charge in [0.2, 0.25) is 0 Å². The first-order valence-corrected chi connectivity index (χ1v) is 12.1. The van der Waals surface area contributed by atoms with Gasteiger partial charge < -0.3 is 14.9 Å². The number of ether oxygens (including phenoxy) is 1. The first kappa shape index (κ1) is 21.6. The van der Waals surface area contributed by atoms with Crippen LogP contribution in [0.15, 0.2) is 24.8 Å². The van der Waals surface area contributed by atoms with Gasteiger partial charge in [0.1, 0.15) is 6.04 Å². The highest BCUT2D eigenvalue weighted by atomic mass is 32.2. The summed E-state index contributed by atoms with van der Waals surface area (Å²) in [5, 5.41) is 8.16. The van der Waals surface area contributed by atoms with Gasteiger partial charge in [-0.05, 0) is 38.0 Å². The zero-order valence-electron chi connectivity index (χ0n) is 17.1. The van der Waals surface area contributed by atoms with Crippen molar-refractivity contribution in [2.45, 2.75) is 43.4 Å². The van der Waals surface area contributed by atoms with Crippen LogP contribution >= 0.6 is 23.4 Å². The van der Waals surface area contributed by atoms with Crippen molar-refractivity contribution in [1.82, 2.24) is 19.7 Å². The van der Waals surface area contributed by atoms with E-state index in [0.29, 0.717) is 47.5 Å². The highest BCUT2D eigenvalue weighted by Crippen LogP contribution is 2.36. The van der Waals surface area contributed by atoms with Gasteiger partial charge in [-0.1, -0.05) is 11.3 Å². The lowest BCUT2D eigenvalue weighted by molar-refractivity contribution is -0.120. The maximum atomic E-state index is 13.4. The van der Waals surface area contributed by atoms with Gasteiger partial charge in [0, 0.05) is 30.5 Å². The molecule has 0 bridgehead atoms. The van der Waals surface area contributed by atoms with Crippen molar-refractivity contribution in [1.29, 1.82) is 0 Å². The van der Waals surface area contributed by atoms with Crippen LogP contribution in [0.5, 0.6) is 5.75 Å². The molecule has 1 amide bonds. The second kappa shape index (κ2) is 9.69. The van der Waals surface area contributed by atoms with Crippen LogP contribution < -0.4 is 10.2 Å². The smallest absolute Gasteiger partial charge is 0.251 e. The topological polar surface area (TPSA) is 100 Å². The minimum Gasteiger partial charge on any atom is -0.381 e. The van der Waals surface area contributed by atoms with Crippen LogP contribution in [0, 0.1) is 11.0 Å². The number of amides is 1. The number of halogens is 1. The lowest BCUT2D eigenvalue weighted by Gasteiger charge is -2.26. The Morgan fingerprint density at radius 3 is 2.88 bits per heavy atom. The molecule has 1 aliphatic heterocycles. The fourth-order valence-electron chi connectivity index (χ4n) is 3.64. The Morgan fingerprint density at radius 1 is 1.28 bits per heavy atom. The van der Waals surface area contributed by atoms with E-state index in [-0.39, 0.29) is 11.0 Å². The Hall–Kier alpha value is -2.28. The molecule has 32 heavy (non-hydrogen) atoms. The Labute approximate surface area is 191 Å². The summed E-state index contributed by atoms with van der Waals surface area (Å²) in [6.45, 7) is 1.35. The zero-order chi connectivity index (χ0) is 21.9. The van der Waals surface area contributed by atoms with Crippen LogP contribution in [0.25, 0.3) is 10.9 Å². The predicted octanol–water partition coefficient (Wildman–Crippen LogP) is 4.14. The number of rotatable bonds is 9. The van der Waals surface area contributed by atoms with E-state index in [1.165, 1.54) is 12.0 Å². The Kier molecular flexibility index (Phi) is 6.53. The van der Waals surface area contributed by atoms with E-state index >= 15 is 0 Å². The molecule has 0 spiro atoms. The minimum atomic E-state index is -0.624. The highest BCUT2D eigenvalue weighted by Gasteiger charge is 2.29. The molecule has 1 aliphatic carbocycles. The average Bonchev–Trinajstić information content (AvgIpc) is 3.38. The first-order valence-electron chi connectivity index (χ1n) is 10.5. The summed E-state index contributed by atoms with van der Waals surface area (Å²) in [4.78, 5) is 26.8. The van der Waals surface area contributed by atoms with E-state index in [2.05, 4.69) is 20.4 Å². The van der Waals surface area contributed by atoms with Crippen molar-refractivity contribution in [3.63, 3.8) is 0 Å². The maximum Gasteiger partial charge on any atom is 0.251 e. The van der Waals surface area contributed by atoms with E-state index in [4.69, 9.17) is 14.0 Å². The predicted molar refractivity (Wildman–Crippen MR) is 118 cm³/mol. The largest absolute Gasteiger partial charge is 0.381 e. The SMILES string of the molecule is O=C(Nc1ncc(F)s1)[C@H](CC1CCOCC1)n1ncc2c(OOSC3CC3)cncc21. The molecular weight excluding hydrogens is 457 g/mol. The molecule has 1 saturated heterocycles. The molecule has 2 aliphatic rings. The van der Waals surface area contributed by atoms with Gasteiger partial charge in [0.15, 0.2) is 16.0 Å². The van der Waals surface area contributed by atoms with E-state index < -0.39 is 11.2 Å². The molecule has 12 heteroatoms. The standard InChI is InChI=1S/C20H22FN5O4S2/c21-18-11-23-20(31-18)25-19(27)15(7-12-3-5-28-6-4-12)26-16-9-22-10-17(14(16)8-24-26)29-30-32-13-1-2-13/h8-13,15H,1-7H2,(H,23,25,27)/t15-/m0/s1. The fraction of sp³-hybridized carbons (Fsp3) is 0.500. The molecule has 1 N–H and O–H groups in total. The lowest BCUT2D eigenvalue weighted by Crippen LogP contribution is -2.30. The number of carbonyl (C=O) groups excluding carboxylic acids is 1. The molecule has 5 rings (SSSR count). The summed E-state index contributed by atoms with van der Waals surface area (Å²) in [5.41, 5.74) is 0.653. The fourth-order valence-corrected chi connectivity index (χ4v) is 4.74. The second-order valence-electron chi connectivity index (χ2n) is 7.87. The second-order valence-corrected chi connectivity index (χ2v) is 9.85. The number of nitrogens with zero attached hydrogens (tertiary/aromatic N) is 4. The summed E-state index contributed by atoms with van der Waals surface area (Å²) in [6, 6.07) is -0.624. The lowest BCUT2D eigenvalue weighted by atomic mass is 9.92. The van der Waals surface area contributed by atoms with Gasteiger partial charge in [-0.3, -0.25) is 14.5 Å². The highest BCUT2D eigenvalue weighted by molar-refractivity contribution is 7.95. The number of nitrogens with one attached hydrogen (secondary N) is 1. The molecule has 3 aromatic rings. The zero-order valence-corrected chi connectivity index (χ0v) is 18.7. The first-order chi connectivity index (χ1) is 15.7. The summed E-state index contributed by atoms with van der Waals surface area (Å²) < 4.78 is 25.8. The quantitative estimate of drug-likeness (QED) is 0.278. The normalized spacial score (nSPS) is 18.0. The molecule has 170 valence electrons. The van der Waals surface area contributed by atoms with Gasteiger partial charge in [0.05, 0.1) is 35.7 Å². The molecule has 9 nitrogen and oxygen atoms in total. The van der Waals surface area contributed by atoms with Gasteiger partial charge in [-0.15, -0.1) is 4.33 Å². The Morgan fingerprint density at radius 2 is 2.12 bits per heavy atom. The van der Waals surface area contributed by atoms with Crippen LogP contribution in [0.4, 0.5) is 9.52 Å². The van der Waals surface area contributed by atoms with Crippen molar-refractivity contribution in [3.8, 4) is 5.75 Å². The van der Waals surface area contributed by atoms with Crippen LogP contribution in [-0.4, -0.2) is 44.1 Å². The summed E-state index contributed by atoms with van der Waals surface area (Å²) >= 11 is 2.09. The number of hydrogen-bond acceptors (Lipinski definition) is 9. The number of aromatic nitrogens is 4. The van der Waals surface area contributed by atoms with Crippen LogP contribution in [0.3, 0.4) is 0 Å². The van der Waals surface area contributed by atoms with Gasteiger partial charge in [-0.25, -0.2) is 4.98 Å². The molecule has 0 radical (unpaired) electrons. The third kappa shape index (κ3) is 5.03. The van der Waals surface area contributed by atoms with Crippen molar-refractivity contribution in [2.75, 3.05) is 18.5 Å². The molecule has 4 heterocycles. The number of thiazole rings is 1. The number of carbonyl (C=O) groups is 1. The van der Waals surface area contributed by atoms with Crippen molar-refractivity contribution in [2.24, 2.45) is 5.92 Å². The number of pyridine rings is 1. The van der Waals surface area contributed by atoms with Gasteiger partial charge >= 0.3 is 0 Å². The monoisotopic (exact) mass is 479 g/mol. The summed E-state index contributed by atoms with van der Waals surface area (Å²) in [7, 11) is 0. The van der Waals surface area contributed by atoms with Crippen LogP contribution in [0.1, 0.15) is 38.1 Å². The average molecular weight is 480 g/mol. The molecule has 2 fully saturated rings. The number of fused-ring (bicyclic) bond motifs is 1. The molecule has 0 unspecified atom stereocenters. The third-order valence-corrected chi connectivity index (χ3v) is 7.11. The summed E-state index contributed by atoms with van der Waals surface area (Å²) in [6.07, 6.45) is 10.5. The van der Waals surface area contributed by atoms with Crippen molar-refractivity contribution < 1.29 is 23.1 Å². The van der Waals surface area contributed by atoms with Crippen LogP contribution in [0.2, 0.25) is 0 Å². The molecule has 3 aromatic heterocycles.